The molecule has 0 radical (unpaired) electrons. The minimum atomic E-state index is -1.00. The molecule has 1 aromatic carbocycles. The zero-order valence-electron chi connectivity index (χ0n) is 11.5. The molecule has 0 saturated heterocycles. The second-order valence-corrected chi connectivity index (χ2v) is 5.67. The molecular weight excluding hydrogens is 315 g/mol. The van der Waals surface area contributed by atoms with Gasteiger partial charge in [0.05, 0.1) is 22.3 Å². The van der Waals surface area contributed by atoms with Crippen LogP contribution in [0.4, 0.5) is 5.69 Å². The number of ether oxygens (including phenoxy) is 1. The van der Waals surface area contributed by atoms with E-state index in [1.165, 1.54) is 0 Å². The fourth-order valence-electron chi connectivity index (χ4n) is 1.96. The molecule has 21 heavy (non-hydrogen) atoms. The van der Waals surface area contributed by atoms with Gasteiger partial charge in [-0.15, -0.1) is 0 Å². The Kier molecular flexibility index (Phi) is 5.08. The Balaban J connectivity index is 2.02. The molecule has 1 fully saturated rings. The summed E-state index contributed by atoms with van der Waals surface area (Å²) in [5, 5.41) is 5.99. The summed E-state index contributed by atoms with van der Waals surface area (Å²) in [4.78, 5) is 24.4. The highest BCUT2D eigenvalue weighted by Crippen LogP contribution is 2.47. The second kappa shape index (κ2) is 6.64. The van der Waals surface area contributed by atoms with Crippen molar-refractivity contribution in [2.75, 3.05) is 25.6 Å². The summed E-state index contributed by atoms with van der Waals surface area (Å²) >= 11 is 11.9. The summed E-state index contributed by atoms with van der Waals surface area (Å²) in [6, 6.07) is 4.96. The summed E-state index contributed by atoms with van der Waals surface area (Å²) < 4.78 is 4.86. The highest BCUT2D eigenvalue weighted by Gasteiger charge is 2.56. The van der Waals surface area contributed by atoms with E-state index in [-0.39, 0.29) is 16.8 Å². The first-order chi connectivity index (χ1) is 10.0. The molecule has 1 aliphatic carbocycles. The molecule has 114 valence electrons. The Morgan fingerprint density at radius 3 is 2.62 bits per heavy atom. The first kappa shape index (κ1) is 16.1. The van der Waals surface area contributed by atoms with Crippen LogP contribution < -0.4 is 10.6 Å². The van der Waals surface area contributed by atoms with Gasteiger partial charge in [0, 0.05) is 13.7 Å². The van der Waals surface area contributed by atoms with Crippen molar-refractivity contribution in [3.63, 3.8) is 0 Å². The minimum absolute atomic E-state index is 0.267. The van der Waals surface area contributed by atoms with Crippen molar-refractivity contribution < 1.29 is 14.3 Å². The van der Waals surface area contributed by atoms with Gasteiger partial charge in [-0.05, 0) is 25.0 Å². The van der Waals surface area contributed by atoms with Gasteiger partial charge in [0.1, 0.15) is 5.41 Å². The summed E-state index contributed by atoms with van der Waals surface area (Å²) in [6.45, 7) is 0.784. The standard InChI is InChI=1S/C14H16Cl2N2O3/c1-21-8-7-17-12(19)14(5-6-14)13(20)18-10-4-2-3-9(15)11(10)16/h2-4H,5-8H2,1H3,(H,17,19)(H,18,20). The first-order valence-electron chi connectivity index (χ1n) is 6.54. The number of hydrogen-bond donors (Lipinski definition) is 2. The van der Waals surface area contributed by atoms with Gasteiger partial charge in [-0.1, -0.05) is 29.3 Å². The number of nitrogens with one attached hydrogen (secondary N) is 2. The molecule has 7 heteroatoms. The molecule has 0 spiro atoms. The summed E-state index contributed by atoms with van der Waals surface area (Å²) in [7, 11) is 1.55. The summed E-state index contributed by atoms with van der Waals surface area (Å²) in [6.07, 6.45) is 1.05. The van der Waals surface area contributed by atoms with E-state index >= 15 is 0 Å². The van der Waals surface area contributed by atoms with Gasteiger partial charge >= 0.3 is 0 Å². The van der Waals surface area contributed by atoms with E-state index in [0.717, 1.165) is 0 Å². The minimum Gasteiger partial charge on any atom is -0.383 e. The normalized spacial score (nSPS) is 15.4. The Morgan fingerprint density at radius 1 is 1.29 bits per heavy atom. The van der Waals surface area contributed by atoms with Crippen LogP contribution in [0.5, 0.6) is 0 Å². The van der Waals surface area contributed by atoms with E-state index in [1.807, 2.05) is 0 Å². The molecule has 2 rings (SSSR count). The van der Waals surface area contributed by atoms with Crippen molar-refractivity contribution in [2.45, 2.75) is 12.8 Å². The van der Waals surface area contributed by atoms with Gasteiger partial charge in [-0.2, -0.15) is 0 Å². The van der Waals surface area contributed by atoms with Gasteiger partial charge in [-0.3, -0.25) is 9.59 Å². The average Bonchev–Trinajstić information content (AvgIpc) is 3.25. The lowest BCUT2D eigenvalue weighted by atomic mass is 10.1. The number of carbonyl (C=O) groups excluding carboxylic acids is 2. The molecule has 2 N–H and O–H groups in total. The quantitative estimate of drug-likeness (QED) is 0.622. The lowest BCUT2D eigenvalue weighted by Crippen LogP contribution is -2.41. The summed E-state index contributed by atoms with van der Waals surface area (Å²) in [5.74, 6) is -0.642. The largest absolute Gasteiger partial charge is 0.383 e. The van der Waals surface area contributed by atoms with Gasteiger partial charge < -0.3 is 15.4 Å². The van der Waals surface area contributed by atoms with Crippen LogP contribution in [0.3, 0.4) is 0 Å². The maximum atomic E-state index is 12.3. The Bertz CT molecular complexity index is 559. The lowest BCUT2D eigenvalue weighted by Gasteiger charge is -2.16. The molecule has 5 nitrogen and oxygen atoms in total. The van der Waals surface area contributed by atoms with E-state index in [4.69, 9.17) is 27.9 Å². The number of benzene rings is 1. The van der Waals surface area contributed by atoms with Crippen molar-refractivity contribution in [3.8, 4) is 0 Å². The van der Waals surface area contributed by atoms with Crippen LogP contribution >= 0.6 is 23.2 Å². The van der Waals surface area contributed by atoms with Crippen LogP contribution in [0, 0.1) is 5.41 Å². The number of rotatable bonds is 6. The zero-order valence-corrected chi connectivity index (χ0v) is 13.1. The topological polar surface area (TPSA) is 67.4 Å². The molecule has 1 saturated carbocycles. The van der Waals surface area contributed by atoms with Crippen LogP contribution in [-0.2, 0) is 14.3 Å². The number of anilines is 1. The third-order valence-electron chi connectivity index (χ3n) is 3.41. The third kappa shape index (κ3) is 3.48. The predicted molar refractivity (Wildman–Crippen MR) is 81.6 cm³/mol. The second-order valence-electron chi connectivity index (χ2n) is 4.89. The van der Waals surface area contributed by atoms with Gasteiger partial charge in [0.15, 0.2) is 0 Å². The lowest BCUT2D eigenvalue weighted by molar-refractivity contribution is -0.134. The van der Waals surface area contributed by atoms with Crippen molar-refractivity contribution in [1.29, 1.82) is 0 Å². The molecule has 0 heterocycles. The van der Waals surface area contributed by atoms with Crippen molar-refractivity contribution in [3.05, 3.63) is 28.2 Å². The Morgan fingerprint density at radius 2 is 2.00 bits per heavy atom. The van der Waals surface area contributed by atoms with Gasteiger partial charge in [0.25, 0.3) is 0 Å². The average molecular weight is 331 g/mol. The molecular formula is C14H16Cl2N2O3. The van der Waals surface area contributed by atoms with Crippen LogP contribution in [0.2, 0.25) is 10.0 Å². The fraction of sp³-hybridized carbons (Fsp3) is 0.429. The zero-order chi connectivity index (χ0) is 15.5. The van der Waals surface area contributed by atoms with Crippen molar-refractivity contribution >= 4 is 40.7 Å². The molecule has 0 atom stereocenters. The van der Waals surface area contributed by atoms with Crippen LogP contribution in [0.15, 0.2) is 18.2 Å². The number of amides is 2. The highest BCUT2D eigenvalue weighted by atomic mass is 35.5. The Labute approximate surface area is 132 Å². The number of halogens is 2. The van der Waals surface area contributed by atoms with E-state index in [1.54, 1.807) is 25.3 Å². The number of hydrogen-bond acceptors (Lipinski definition) is 3. The molecule has 0 aromatic heterocycles. The molecule has 0 bridgehead atoms. The predicted octanol–water partition coefficient (Wildman–Crippen LogP) is 2.47. The van der Waals surface area contributed by atoms with E-state index in [2.05, 4.69) is 10.6 Å². The van der Waals surface area contributed by atoms with Crippen LogP contribution in [0.1, 0.15) is 12.8 Å². The molecule has 1 aromatic rings. The first-order valence-corrected chi connectivity index (χ1v) is 7.29. The van der Waals surface area contributed by atoms with Crippen LogP contribution in [0.25, 0.3) is 0 Å². The smallest absolute Gasteiger partial charge is 0.240 e. The molecule has 1 aliphatic rings. The molecule has 0 aliphatic heterocycles. The SMILES string of the molecule is COCCNC(=O)C1(C(=O)Nc2cccc(Cl)c2Cl)CC1. The van der Waals surface area contributed by atoms with Crippen molar-refractivity contribution in [2.24, 2.45) is 5.41 Å². The number of methoxy groups -OCH3 is 1. The van der Waals surface area contributed by atoms with Crippen molar-refractivity contribution in [1.82, 2.24) is 5.32 Å². The third-order valence-corrected chi connectivity index (χ3v) is 4.23. The molecule has 2 amide bonds. The number of carbonyl (C=O) groups is 2. The van der Waals surface area contributed by atoms with E-state index < -0.39 is 5.41 Å². The van der Waals surface area contributed by atoms with Gasteiger partial charge in [-0.25, -0.2) is 0 Å². The maximum Gasteiger partial charge on any atom is 0.240 e. The van der Waals surface area contributed by atoms with Gasteiger partial charge in [0.2, 0.25) is 11.8 Å². The van der Waals surface area contributed by atoms with E-state index in [0.29, 0.717) is 36.7 Å². The Hall–Kier alpha value is -1.30. The fourth-order valence-corrected chi connectivity index (χ4v) is 2.31. The summed E-state index contributed by atoms with van der Waals surface area (Å²) in [5.41, 5.74) is -0.593. The molecule has 0 unspecified atom stereocenters. The van der Waals surface area contributed by atoms with E-state index in [9.17, 15) is 9.59 Å². The maximum absolute atomic E-state index is 12.3. The van der Waals surface area contributed by atoms with Crippen LogP contribution in [-0.4, -0.2) is 32.1 Å². The monoisotopic (exact) mass is 330 g/mol. The highest BCUT2D eigenvalue weighted by molar-refractivity contribution is 6.44.